The molecule has 0 amide bonds. The molecule has 1 heterocycles. The molecule has 2 aromatic rings. The molecule has 0 unspecified atom stereocenters. The molecular weight excluding hydrogens is 236 g/mol. The molecule has 0 bridgehead atoms. The van der Waals surface area contributed by atoms with Crippen LogP contribution in [0.15, 0.2) is 30.3 Å². The van der Waals surface area contributed by atoms with Crippen LogP contribution in [-0.2, 0) is 0 Å². The van der Waals surface area contributed by atoms with Gasteiger partial charge in [-0.05, 0) is 37.0 Å². The van der Waals surface area contributed by atoms with E-state index in [1.54, 1.807) is 4.68 Å². The maximum absolute atomic E-state index is 9.38. The van der Waals surface area contributed by atoms with Gasteiger partial charge >= 0.3 is 0 Å². The molecule has 0 aliphatic heterocycles. The Morgan fingerprint density at radius 2 is 2.05 bits per heavy atom. The first-order valence-electron chi connectivity index (χ1n) is 6.81. The molecule has 1 aliphatic rings. The molecule has 1 aliphatic carbocycles. The van der Waals surface area contributed by atoms with Gasteiger partial charge in [0.15, 0.2) is 0 Å². The van der Waals surface area contributed by atoms with Crippen molar-refractivity contribution in [2.75, 3.05) is 0 Å². The number of hydrogen-bond donors (Lipinski definition) is 0. The molecule has 0 saturated heterocycles. The van der Waals surface area contributed by atoms with E-state index in [0.29, 0.717) is 11.6 Å². The van der Waals surface area contributed by atoms with Crippen molar-refractivity contribution in [1.82, 2.24) is 15.0 Å². The standard InChI is InChI=1S/C15H16N4/c16-11-13(10-12-6-2-1-3-7-12)19-15-9-5-4-8-14(15)17-18-19/h4-5,8-10,12H,1-3,6-7H2/b13-10-. The number of allylic oxidation sites excluding steroid dienone is 2. The number of nitrogens with zero attached hydrogens (tertiary/aromatic N) is 4. The molecular formula is C15H16N4. The monoisotopic (exact) mass is 252 g/mol. The van der Waals surface area contributed by atoms with Gasteiger partial charge in [0.25, 0.3) is 0 Å². The van der Waals surface area contributed by atoms with Gasteiger partial charge in [0.05, 0.1) is 5.52 Å². The van der Waals surface area contributed by atoms with Gasteiger partial charge in [-0.2, -0.15) is 5.26 Å². The number of rotatable bonds is 2. The van der Waals surface area contributed by atoms with Gasteiger partial charge in [0, 0.05) is 0 Å². The van der Waals surface area contributed by atoms with Crippen LogP contribution in [0.1, 0.15) is 32.1 Å². The highest BCUT2D eigenvalue weighted by Crippen LogP contribution is 2.27. The van der Waals surface area contributed by atoms with Crippen molar-refractivity contribution in [3.05, 3.63) is 30.3 Å². The van der Waals surface area contributed by atoms with Crippen molar-refractivity contribution >= 4 is 16.7 Å². The van der Waals surface area contributed by atoms with Crippen LogP contribution in [0, 0.1) is 17.2 Å². The van der Waals surface area contributed by atoms with Gasteiger partial charge in [0.2, 0.25) is 0 Å². The zero-order valence-corrected chi connectivity index (χ0v) is 10.8. The van der Waals surface area contributed by atoms with Crippen LogP contribution in [0.2, 0.25) is 0 Å². The first-order valence-corrected chi connectivity index (χ1v) is 6.81. The number of nitriles is 1. The van der Waals surface area contributed by atoms with Gasteiger partial charge in [-0.25, -0.2) is 4.68 Å². The SMILES string of the molecule is N#C/C(=C/C1CCCCC1)n1nnc2ccccc21. The average Bonchev–Trinajstić information content (AvgIpc) is 2.90. The minimum atomic E-state index is 0.506. The second kappa shape index (κ2) is 5.23. The summed E-state index contributed by atoms with van der Waals surface area (Å²) in [5.41, 5.74) is 2.32. The molecule has 1 aromatic heterocycles. The van der Waals surface area contributed by atoms with E-state index >= 15 is 0 Å². The summed E-state index contributed by atoms with van der Waals surface area (Å²) in [6.07, 6.45) is 8.27. The fraction of sp³-hybridized carbons (Fsp3) is 0.400. The van der Waals surface area contributed by atoms with Crippen LogP contribution < -0.4 is 0 Å². The van der Waals surface area contributed by atoms with Crippen molar-refractivity contribution in [3.8, 4) is 6.07 Å². The summed E-state index contributed by atoms with van der Waals surface area (Å²) in [4.78, 5) is 0. The molecule has 4 nitrogen and oxygen atoms in total. The smallest absolute Gasteiger partial charge is 0.140 e. The third-order valence-corrected chi connectivity index (χ3v) is 3.74. The van der Waals surface area contributed by atoms with Crippen molar-refractivity contribution in [1.29, 1.82) is 5.26 Å². The van der Waals surface area contributed by atoms with E-state index in [0.717, 1.165) is 11.0 Å². The van der Waals surface area contributed by atoms with Gasteiger partial charge in [-0.3, -0.25) is 0 Å². The lowest BCUT2D eigenvalue weighted by molar-refractivity contribution is 0.419. The van der Waals surface area contributed by atoms with E-state index in [9.17, 15) is 5.26 Å². The summed E-state index contributed by atoms with van der Waals surface area (Å²) >= 11 is 0. The van der Waals surface area contributed by atoms with Crippen LogP contribution in [0.25, 0.3) is 16.7 Å². The van der Waals surface area contributed by atoms with Crippen molar-refractivity contribution in [3.63, 3.8) is 0 Å². The molecule has 0 spiro atoms. The zero-order chi connectivity index (χ0) is 13.1. The van der Waals surface area contributed by atoms with Crippen LogP contribution in [0.3, 0.4) is 0 Å². The minimum Gasteiger partial charge on any atom is -0.203 e. The highest BCUT2D eigenvalue weighted by Gasteiger charge is 2.14. The molecule has 0 atom stereocenters. The highest BCUT2D eigenvalue weighted by molar-refractivity contribution is 5.79. The van der Waals surface area contributed by atoms with E-state index in [1.807, 2.05) is 24.3 Å². The minimum absolute atomic E-state index is 0.506. The molecule has 1 saturated carbocycles. The molecule has 0 radical (unpaired) electrons. The Hall–Kier alpha value is -2.15. The zero-order valence-electron chi connectivity index (χ0n) is 10.8. The van der Waals surface area contributed by atoms with E-state index in [-0.39, 0.29) is 0 Å². The fourth-order valence-corrected chi connectivity index (χ4v) is 2.73. The normalized spacial score (nSPS) is 17.5. The average molecular weight is 252 g/mol. The number of hydrogen-bond acceptors (Lipinski definition) is 3. The first kappa shape index (κ1) is 11.9. The summed E-state index contributed by atoms with van der Waals surface area (Å²) in [7, 11) is 0. The van der Waals surface area contributed by atoms with E-state index < -0.39 is 0 Å². The number of aromatic nitrogens is 3. The lowest BCUT2D eigenvalue weighted by atomic mass is 9.89. The lowest BCUT2D eigenvalue weighted by Crippen LogP contribution is -2.06. The largest absolute Gasteiger partial charge is 0.203 e. The number of fused-ring (bicyclic) bond motifs is 1. The Kier molecular flexibility index (Phi) is 3.28. The van der Waals surface area contributed by atoms with Crippen molar-refractivity contribution in [2.45, 2.75) is 32.1 Å². The lowest BCUT2D eigenvalue weighted by Gasteiger charge is -2.18. The van der Waals surface area contributed by atoms with Gasteiger partial charge in [0.1, 0.15) is 17.3 Å². The number of para-hydroxylation sites is 1. The maximum atomic E-state index is 9.38. The van der Waals surface area contributed by atoms with Crippen molar-refractivity contribution < 1.29 is 0 Å². The Labute approximate surface area is 112 Å². The molecule has 3 rings (SSSR count). The summed E-state index contributed by atoms with van der Waals surface area (Å²) in [6.45, 7) is 0. The molecule has 1 fully saturated rings. The van der Waals surface area contributed by atoms with Gasteiger partial charge < -0.3 is 0 Å². The number of benzene rings is 1. The van der Waals surface area contributed by atoms with E-state index in [1.165, 1.54) is 32.1 Å². The predicted octanol–water partition coefficient (Wildman–Crippen LogP) is 3.38. The second-order valence-corrected chi connectivity index (χ2v) is 5.05. The summed E-state index contributed by atoms with van der Waals surface area (Å²) in [6, 6.07) is 9.99. The van der Waals surface area contributed by atoms with E-state index in [2.05, 4.69) is 22.5 Å². The van der Waals surface area contributed by atoms with Crippen LogP contribution in [0.4, 0.5) is 0 Å². The highest BCUT2D eigenvalue weighted by atomic mass is 15.4. The van der Waals surface area contributed by atoms with Crippen LogP contribution in [-0.4, -0.2) is 15.0 Å². The summed E-state index contributed by atoms with van der Waals surface area (Å²) in [5.74, 6) is 0.506. The topological polar surface area (TPSA) is 54.5 Å². The van der Waals surface area contributed by atoms with Gasteiger partial charge in [-0.1, -0.05) is 36.6 Å². The fourth-order valence-electron chi connectivity index (χ4n) is 2.73. The Balaban J connectivity index is 1.98. The summed E-state index contributed by atoms with van der Waals surface area (Å²) in [5, 5.41) is 17.6. The van der Waals surface area contributed by atoms with Crippen LogP contribution in [0.5, 0.6) is 0 Å². The van der Waals surface area contributed by atoms with Gasteiger partial charge in [-0.15, -0.1) is 5.10 Å². The Morgan fingerprint density at radius 3 is 2.84 bits per heavy atom. The Bertz CT molecular complexity index is 641. The van der Waals surface area contributed by atoms with Crippen molar-refractivity contribution in [2.24, 2.45) is 5.92 Å². The first-order chi connectivity index (χ1) is 9.38. The molecule has 4 heteroatoms. The molecule has 1 aromatic carbocycles. The van der Waals surface area contributed by atoms with Crippen LogP contribution >= 0.6 is 0 Å². The maximum Gasteiger partial charge on any atom is 0.140 e. The summed E-state index contributed by atoms with van der Waals surface area (Å²) < 4.78 is 1.66. The molecule has 96 valence electrons. The third-order valence-electron chi connectivity index (χ3n) is 3.74. The Morgan fingerprint density at radius 1 is 1.26 bits per heavy atom. The van der Waals surface area contributed by atoms with E-state index in [4.69, 9.17) is 0 Å². The quantitative estimate of drug-likeness (QED) is 0.770. The predicted molar refractivity (Wildman–Crippen MR) is 74.0 cm³/mol. The second-order valence-electron chi connectivity index (χ2n) is 5.05. The third kappa shape index (κ3) is 2.37. The molecule has 0 N–H and O–H groups in total. The molecule has 19 heavy (non-hydrogen) atoms.